The number of carbonyl (C=O) groups is 1. The summed E-state index contributed by atoms with van der Waals surface area (Å²) in [5, 5.41) is 11.5. The van der Waals surface area contributed by atoms with E-state index in [0.717, 1.165) is 0 Å². The monoisotopic (exact) mass is 368 g/mol. The molecule has 9 heteroatoms. The van der Waals surface area contributed by atoms with Crippen molar-refractivity contribution in [2.75, 3.05) is 11.9 Å². The van der Waals surface area contributed by atoms with Gasteiger partial charge in [0.25, 0.3) is 11.9 Å². The van der Waals surface area contributed by atoms with Crippen molar-refractivity contribution < 1.29 is 13.9 Å². The van der Waals surface area contributed by atoms with Crippen LogP contribution in [0.25, 0.3) is 0 Å². The molecule has 1 aliphatic heterocycles. The van der Waals surface area contributed by atoms with Gasteiger partial charge in [0.2, 0.25) is 0 Å². The first-order valence-corrected chi connectivity index (χ1v) is 8.15. The van der Waals surface area contributed by atoms with Crippen LogP contribution in [0, 0.1) is 24.1 Å². The van der Waals surface area contributed by atoms with Gasteiger partial charge in [-0.25, -0.2) is 19.4 Å². The summed E-state index contributed by atoms with van der Waals surface area (Å²) in [6.07, 6.45) is 1.71. The van der Waals surface area contributed by atoms with Crippen molar-refractivity contribution in [3.8, 4) is 6.07 Å². The highest BCUT2D eigenvalue weighted by atomic mass is 19.1. The molecule has 27 heavy (non-hydrogen) atoms. The summed E-state index contributed by atoms with van der Waals surface area (Å²) in [7, 11) is 0. The number of hydrogen-bond donors (Lipinski definition) is 2. The average Bonchev–Trinajstić information content (AvgIpc) is 2.62. The second kappa shape index (κ2) is 6.99. The van der Waals surface area contributed by atoms with Gasteiger partial charge < -0.3 is 15.8 Å². The second-order valence-corrected chi connectivity index (χ2v) is 6.30. The van der Waals surface area contributed by atoms with E-state index >= 15 is 0 Å². The minimum atomic E-state index is -0.990. The van der Waals surface area contributed by atoms with Crippen LogP contribution in [0.3, 0.4) is 0 Å². The number of aliphatic imine (C=N–C) groups is 1. The molecule has 8 nitrogen and oxygen atoms in total. The van der Waals surface area contributed by atoms with Crippen LogP contribution in [-0.4, -0.2) is 28.5 Å². The third-order valence-electron chi connectivity index (χ3n) is 4.22. The van der Waals surface area contributed by atoms with Crippen LogP contribution in [0.1, 0.15) is 40.7 Å². The summed E-state index contributed by atoms with van der Waals surface area (Å²) in [5.74, 6) is -0.910. The number of nitrogens with zero attached hydrogens (tertiary/aromatic N) is 4. The summed E-state index contributed by atoms with van der Waals surface area (Å²) in [4.78, 5) is 24.9. The number of halogens is 1. The molecule has 0 radical (unpaired) electrons. The molecule has 0 saturated carbocycles. The van der Waals surface area contributed by atoms with Crippen LogP contribution in [0.2, 0.25) is 0 Å². The van der Waals surface area contributed by atoms with Gasteiger partial charge in [0.1, 0.15) is 34.6 Å². The van der Waals surface area contributed by atoms with E-state index in [0.29, 0.717) is 17.5 Å². The lowest BCUT2D eigenvalue weighted by Gasteiger charge is -2.29. The molecular weight excluding hydrogens is 351 g/mol. The normalized spacial score (nSPS) is 18.8. The molecule has 1 amide bonds. The second-order valence-electron chi connectivity index (χ2n) is 6.30. The summed E-state index contributed by atoms with van der Waals surface area (Å²) >= 11 is 0. The number of nitrogens with two attached hydrogens (primary N) is 1. The number of rotatable bonds is 3. The minimum absolute atomic E-state index is 0.0307. The van der Waals surface area contributed by atoms with Crippen LogP contribution < -0.4 is 11.1 Å². The Labute approximate surface area is 154 Å². The van der Waals surface area contributed by atoms with Gasteiger partial charge in [0, 0.05) is 12.6 Å². The quantitative estimate of drug-likeness (QED) is 0.853. The van der Waals surface area contributed by atoms with Crippen LogP contribution in [0.5, 0.6) is 0 Å². The number of anilines is 1. The predicted octanol–water partition coefficient (Wildman–Crippen LogP) is 2.00. The van der Waals surface area contributed by atoms with Gasteiger partial charge in [-0.05, 0) is 37.6 Å². The van der Waals surface area contributed by atoms with E-state index in [2.05, 4.69) is 20.3 Å². The van der Waals surface area contributed by atoms with Crippen molar-refractivity contribution >= 4 is 17.7 Å². The highest BCUT2D eigenvalue weighted by Crippen LogP contribution is 2.33. The number of amidine groups is 1. The number of pyridine rings is 2. The Morgan fingerprint density at radius 1 is 1.48 bits per heavy atom. The predicted molar refractivity (Wildman–Crippen MR) is 95.4 cm³/mol. The van der Waals surface area contributed by atoms with Crippen LogP contribution in [0.4, 0.5) is 10.2 Å². The van der Waals surface area contributed by atoms with Gasteiger partial charge in [-0.3, -0.25) is 4.79 Å². The number of ether oxygens (including phenoxy) is 1. The third kappa shape index (κ3) is 3.69. The lowest BCUT2D eigenvalue weighted by molar-refractivity contribution is 0.102. The third-order valence-corrected chi connectivity index (χ3v) is 4.22. The number of amides is 1. The largest absolute Gasteiger partial charge is 0.465 e. The molecule has 0 bridgehead atoms. The fourth-order valence-corrected chi connectivity index (χ4v) is 2.80. The number of nitriles is 1. The zero-order valence-electron chi connectivity index (χ0n) is 14.8. The van der Waals surface area contributed by atoms with Gasteiger partial charge >= 0.3 is 0 Å². The SMILES string of the molecule is Cc1cc(C#N)cnc1C(=O)Nc1ccc(F)c([C@]2(C)CCOC(N)=N2)n1. The molecule has 0 fully saturated rings. The van der Waals surface area contributed by atoms with Gasteiger partial charge in [-0.2, -0.15) is 5.26 Å². The molecule has 0 aromatic carbocycles. The number of hydrogen-bond acceptors (Lipinski definition) is 7. The summed E-state index contributed by atoms with van der Waals surface area (Å²) in [6, 6.07) is 6.06. The highest BCUT2D eigenvalue weighted by molar-refractivity contribution is 6.03. The molecule has 0 aliphatic carbocycles. The molecule has 3 heterocycles. The fourth-order valence-electron chi connectivity index (χ4n) is 2.80. The molecule has 0 spiro atoms. The van der Waals surface area contributed by atoms with Crippen molar-refractivity contribution in [1.29, 1.82) is 5.26 Å². The first-order valence-electron chi connectivity index (χ1n) is 8.15. The van der Waals surface area contributed by atoms with Crippen LogP contribution >= 0.6 is 0 Å². The number of aryl methyl sites for hydroxylation is 1. The van der Waals surface area contributed by atoms with Gasteiger partial charge in [0.05, 0.1) is 12.2 Å². The maximum Gasteiger partial charge on any atom is 0.282 e. The number of aromatic nitrogens is 2. The smallest absolute Gasteiger partial charge is 0.282 e. The summed E-state index contributed by atoms with van der Waals surface area (Å²) in [6.45, 7) is 3.66. The molecule has 138 valence electrons. The van der Waals surface area contributed by atoms with E-state index in [1.165, 1.54) is 18.3 Å². The molecule has 0 unspecified atom stereocenters. The van der Waals surface area contributed by atoms with Crippen LogP contribution in [0.15, 0.2) is 29.4 Å². The standard InChI is InChI=1S/C18H17FN6O2/c1-10-7-11(8-20)9-22-14(10)16(26)24-13-4-3-12(19)15(23-13)18(2)5-6-27-17(21)25-18/h3-4,7,9H,5-6H2,1-2H3,(H2,21,25)(H,23,24,26)/t18-/m0/s1. The Bertz CT molecular complexity index is 984. The lowest BCUT2D eigenvalue weighted by atomic mass is 9.93. The Balaban J connectivity index is 1.90. The molecule has 3 rings (SSSR count). The van der Waals surface area contributed by atoms with Gasteiger partial charge in [-0.1, -0.05) is 0 Å². The topological polar surface area (TPSA) is 126 Å². The minimum Gasteiger partial charge on any atom is -0.465 e. The Kier molecular flexibility index (Phi) is 4.73. The van der Waals surface area contributed by atoms with Crippen molar-refractivity contribution in [1.82, 2.24) is 9.97 Å². The zero-order chi connectivity index (χ0) is 19.6. The van der Waals surface area contributed by atoms with E-state index in [1.54, 1.807) is 19.9 Å². The van der Waals surface area contributed by atoms with Crippen molar-refractivity contribution in [2.24, 2.45) is 10.7 Å². The number of carbonyl (C=O) groups excluding carboxylic acids is 1. The van der Waals surface area contributed by atoms with E-state index in [1.807, 2.05) is 6.07 Å². The fraction of sp³-hybridized carbons (Fsp3) is 0.278. The highest BCUT2D eigenvalue weighted by Gasteiger charge is 2.34. The van der Waals surface area contributed by atoms with E-state index in [-0.39, 0.29) is 29.8 Å². The molecule has 1 aliphatic rings. The lowest BCUT2D eigenvalue weighted by Crippen LogP contribution is -2.35. The van der Waals surface area contributed by atoms with E-state index in [9.17, 15) is 9.18 Å². The molecule has 2 aromatic heterocycles. The van der Waals surface area contributed by atoms with Crippen LogP contribution in [-0.2, 0) is 10.3 Å². The van der Waals surface area contributed by atoms with Gasteiger partial charge in [0.15, 0.2) is 0 Å². The molecular formula is C18H17FN6O2. The van der Waals surface area contributed by atoms with Gasteiger partial charge in [-0.15, -0.1) is 0 Å². The van der Waals surface area contributed by atoms with E-state index in [4.69, 9.17) is 15.7 Å². The molecule has 0 saturated heterocycles. The number of nitrogens with one attached hydrogen (secondary N) is 1. The van der Waals surface area contributed by atoms with Crippen molar-refractivity contribution in [3.05, 3.63) is 52.7 Å². The van der Waals surface area contributed by atoms with Crippen molar-refractivity contribution in [2.45, 2.75) is 25.8 Å². The maximum atomic E-state index is 14.4. The van der Waals surface area contributed by atoms with Crippen molar-refractivity contribution in [3.63, 3.8) is 0 Å². The summed E-state index contributed by atoms with van der Waals surface area (Å²) in [5.41, 5.74) is 5.74. The maximum absolute atomic E-state index is 14.4. The summed E-state index contributed by atoms with van der Waals surface area (Å²) < 4.78 is 19.5. The first-order chi connectivity index (χ1) is 12.8. The Morgan fingerprint density at radius 2 is 2.26 bits per heavy atom. The van der Waals surface area contributed by atoms with E-state index < -0.39 is 17.3 Å². The molecule has 1 atom stereocenters. The molecule has 2 aromatic rings. The molecule has 3 N–H and O–H groups in total. The Morgan fingerprint density at radius 3 is 2.93 bits per heavy atom. The first kappa shape index (κ1) is 18.3. The average molecular weight is 368 g/mol. The Hall–Kier alpha value is -3.54. The zero-order valence-corrected chi connectivity index (χ0v) is 14.8.